The molecule has 0 aliphatic heterocycles. The van der Waals surface area contributed by atoms with Crippen molar-refractivity contribution in [1.82, 2.24) is 0 Å². The highest BCUT2D eigenvalue weighted by Gasteiger charge is 2.23. The number of fused-ring (bicyclic) bond motifs is 7. The van der Waals surface area contributed by atoms with Gasteiger partial charge in [-0.05, 0) is 98.2 Å². The summed E-state index contributed by atoms with van der Waals surface area (Å²) in [7, 11) is 0. The summed E-state index contributed by atoms with van der Waals surface area (Å²) in [6.07, 6.45) is 0. The van der Waals surface area contributed by atoms with Crippen LogP contribution in [0.25, 0.3) is 99.2 Å². The lowest BCUT2D eigenvalue weighted by Gasteiger charge is -2.26. The van der Waals surface area contributed by atoms with Gasteiger partial charge in [0, 0.05) is 38.5 Å². The van der Waals surface area contributed by atoms with Crippen LogP contribution in [0.3, 0.4) is 0 Å². The molecule has 0 saturated carbocycles. The predicted octanol–water partition coefficient (Wildman–Crippen LogP) is 16.8. The molecule has 0 spiro atoms. The zero-order valence-corrected chi connectivity index (χ0v) is 33.1. The van der Waals surface area contributed by atoms with Crippen LogP contribution in [0.4, 0.5) is 17.1 Å². The van der Waals surface area contributed by atoms with Crippen molar-refractivity contribution in [2.75, 3.05) is 4.90 Å². The Morgan fingerprint density at radius 1 is 0.295 bits per heavy atom. The van der Waals surface area contributed by atoms with Crippen molar-refractivity contribution in [3.05, 3.63) is 224 Å². The van der Waals surface area contributed by atoms with Crippen LogP contribution in [0.5, 0.6) is 0 Å². The lowest BCUT2D eigenvalue weighted by Crippen LogP contribution is -2.10. The summed E-state index contributed by atoms with van der Waals surface area (Å²) in [5.41, 5.74) is 15.7. The van der Waals surface area contributed by atoms with Gasteiger partial charge < -0.3 is 13.7 Å². The van der Waals surface area contributed by atoms with Crippen LogP contribution in [0, 0.1) is 0 Å². The minimum Gasteiger partial charge on any atom is -0.455 e. The van der Waals surface area contributed by atoms with E-state index in [9.17, 15) is 0 Å². The highest BCUT2D eigenvalue weighted by atomic mass is 16.3. The lowest BCUT2D eigenvalue weighted by molar-refractivity contribution is 0.669. The average molecular weight is 780 g/mol. The van der Waals surface area contributed by atoms with Gasteiger partial charge in [-0.3, -0.25) is 0 Å². The molecular formula is C58H37NO2. The molecule has 0 unspecified atom stereocenters. The Kier molecular flexibility index (Phi) is 8.17. The number of hydrogen-bond acceptors (Lipinski definition) is 3. The Balaban J connectivity index is 0.973. The van der Waals surface area contributed by atoms with Gasteiger partial charge in [0.05, 0.1) is 5.69 Å². The van der Waals surface area contributed by atoms with E-state index < -0.39 is 0 Å². The van der Waals surface area contributed by atoms with E-state index in [2.05, 4.69) is 211 Å². The third-order valence-corrected chi connectivity index (χ3v) is 12.1. The van der Waals surface area contributed by atoms with Crippen LogP contribution in [0.15, 0.2) is 233 Å². The Morgan fingerprint density at radius 3 is 1.56 bits per heavy atom. The smallest absolute Gasteiger partial charge is 0.160 e. The van der Waals surface area contributed by atoms with Gasteiger partial charge in [0.2, 0.25) is 0 Å². The first-order chi connectivity index (χ1) is 30.2. The van der Waals surface area contributed by atoms with Crippen LogP contribution in [0.1, 0.15) is 0 Å². The molecule has 12 rings (SSSR count). The van der Waals surface area contributed by atoms with Crippen molar-refractivity contribution in [3.8, 4) is 44.5 Å². The van der Waals surface area contributed by atoms with E-state index >= 15 is 0 Å². The Morgan fingerprint density at radius 2 is 0.820 bits per heavy atom. The molecule has 0 atom stereocenters. The quantitative estimate of drug-likeness (QED) is 0.161. The first-order valence-corrected chi connectivity index (χ1v) is 20.7. The maximum absolute atomic E-state index is 6.85. The Hall–Kier alpha value is -8.14. The van der Waals surface area contributed by atoms with Gasteiger partial charge >= 0.3 is 0 Å². The van der Waals surface area contributed by atoms with E-state index in [-0.39, 0.29) is 0 Å². The molecule has 0 saturated heterocycles. The third kappa shape index (κ3) is 5.98. The second-order valence-corrected chi connectivity index (χ2v) is 15.6. The first-order valence-electron chi connectivity index (χ1n) is 20.7. The maximum atomic E-state index is 6.85. The maximum Gasteiger partial charge on any atom is 0.160 e. The van der Waals surface area contributed by atoms with Crippen molar-refractivity contribution in [3.63, 3.8) is 0 Å². The fraction of sp³-hybridized carbons (Fsp3) is 0. The SMILES string of the molecule is c1ccc(-c2ccc(N(c3ccc(-c4ccc(-c5ccc6ccccc6c5)cc4)cc3)c3ccc(-c4cccc5c4oc4ccccc45)cc3)c3oc4ccccc4c23)cc1. The largest absolute Gasteiger partial charge is 0.455 e. The third-order valence-electron chi connectivity index (χ3n) is 12.1. The molecule has 10 aromatic carbocycles. The molecule has 0 radical (unpaired) electrons. The van der Waals surface area contributed by atoms with E-state index in [1.54, 1.807) is 0 Å². The molecule has 0 bridgehead atoms. The summed E-state index contributed by atoms with van der Waals surface area (Å²) < 4.78 is 13.3. The number of nitrogens with zero attached hydrogens (tertiary/aromatic N) is 1. The standard InChI is InChI=1S/C58H37NO2/c1-2-12-42(13-3-1)48-35-36-53(58-56(48)52-16-7-9-20-55(52)61-58)59(47-33-29-43(30-34-47)49-17-10-18-51-50-15-6-8-19-54(50)60-57(49)51)46-31-27-40(28-32-46)39-21-23-41(24-22-39)45-26-25-38-11-4-5-14-44(38)37-45/h1-37H. The van der Waals surface area contributed by atoms with Crippen molar-refractivity contribution in [1.29, 1.82) is 0 Å². The highest BCUT2D eigenvalue weighted by Crippen LogP contribution is 2.46. The van der Waals surface area contributed by atoms with E-state index in [4.69, 9.17) is 8.83 Å². The van der Waals surface area contributed by atoms with Crippen molar-refractivity contribution in [2.24, 2.45) is 0 Å². The van der Waals surface area contributed by atoms with Gasteiger partial charge in [-0.1, -0.05) is 176 Å². The molecule has 0 amide bonds. The van der Waals surface area contributed by atoms with Gasteiger partial charge in [-0.25, -0.2) is 0 Å². The summed E-state index contributed by atoms with van der Waals surface area (Å²) in [5.74, 6) is 0. The molecule has 286 valence electrons. The summed E-state index contributed by atoms with van der Waals surface area (Å²) in [4.78, 5) is 2.32. The second kappa shape index (κ2) is 14.3. The zero-order valence-electron chi connectivity index (χ0n) is 33.1. The normalized spacial score (nSPS) is 11.6. The van der Waals surface area contributed by atoms with Crippen LogP contribution in [-0.2, 0) is 0 Å². The van der Waals surface area contributed by atoms with Crippen LogP contribution in [0.2, 0.25) is 0 Å². The fourth-order valence-electron chi connectivity index (χ4n) is 9.07. The summed E-state index contributed by atoms with van der Waals surface area (Å²) >= 11 is 0. The molecule has 0 aliphatic rings. The van der Waals surface area contributed by atoms with Crippen LogP contribution in [-0.4, -0.2) is 0 Å². The molecular weight excluding hydrogens is 743 g/mol. The number of anilines is 3. The minimum atomic E-state index is 0.840. The molecule has 2 heterocycles. The van der Waals surface area contributed by atoms with Gasteiger partial charge in [-0.2, -0.15) is 0 Å². The number of rotatable bonds is 7. The summed E-state index contributed by atoms with van der Waals surface area (Å²) in [6, 6.07) is 79.8. The molecule has 0 N–H and O–H groups in total. The summed E-state index contributed by atoms with van der Waals surface area (Å²) in [6.45, 7) is 0. The predicted molar refractivity (Wildman–Crippen MR) is 255 cm³/mol. The van der Waals surface area contributed by atoms with Gasteiger partial charge in [0.15, 0.2) is 5.58 Å². The molecule has 61 heavy (non-hydrogen) atoms. The monoisotopic (exact) mass is 779 g/mol. The topological polar surface area (TPSA) is 29.5 Å². The van der Waals surface area contributed by atoms with Gasteiger partial charge in [0.1, 0.15) is 16.7 Å². The lowest BCUT2D eigenvalue weighted by atomic mass is 9.97. The molecule has 2 aromatic heterocycles. The summed E-state index contributed by atoms with van der Waals surface area (Å²) in [5, 5.41) is 6.93. The van der Waals surface area contributed by atoms with E-state index in [1.165, 1.54) is 27.5 Å². The molecule has 3 nitrogen and oxygen atoms in total. The van der Waals surface area contributed by atoms with Crippen LogP contribution < -0.4 is 4.90 Å². The molecule has 0 fully saturated rings. The van der Waals surface area contributed by atoms with Crippen molar-refractivity contribution < 1.29 is 8.83 Å². The van der Waals surface area contributed by atoms with Crippen molar-refractivity contribution in [2.45, 2.75) is 0 Å². The van der Waals surface area contributed by atoms with Crippen LogP contribution >= 0.6 is 0 Å². The number of hydrogen-bond donors (Lipinski definition) is 0. The van der Waals surface area contributed by atoms with E-state index in [1.807, 2.05) is 18.2 Å². The molecule has 12 aromatic rings. The second-order valence-electron chi connectivity index (χ2n) is 15.6. The average Bonchev–Trinajstić information content (AvgIpc) is 3.92. The van der Waals surface area contributed by atoms with Crippen molar-refractivity contribution >= 4 is 71.7 Å². The first kappa shape index (κ1) is 34.9. The minimum absolute atomic E-state index is 0.840. The molecule has 0 aliphatic carbocycles. The van der Waals surface area contributed by atoms with E-state index in [0.29, 0.717) is 0 Å². The Bertz CT molecular complexity index is 3560. The number of para-hydroxylation sites is 3. The zero-order chi connectivity index (χ0) is 40.3. The van der Waals surface area contributed by atoms with E-state index in [0.717, 1.165) is 88.8 Å². The van der Waals surface area contributed by atoms with Gasteiger partial charge in [0.25, 0.3) is 0 Å². The fourth-order valence-corrected chi connectivity index (χ4v) is 9.07. The number of furan rings is 2. The number of benzene rings is 10. The molecule has 3 heteroatoms. The highest BCUT2D eigenvalue weighted by molar-refractivity contribution is 6.17. The van der Waals surface area contributed by atoms with Gasteiger partial charge in [-0.15, -0.1) is 0 Å². The Labute approximate surface area is 353 Å².